The topological polar surface area (TPSA) is 62.9 Å². The van der Waals surface area contributed by atoms with Crippen molar-refractivity contribution >= 4 is 29.9 Å². The second-order valence-electron chi connectivity index (χ2n) is 7.94. The fourth-order valence-electron chi connectivity index (χ4n) is 3.19. The first-order chi connectivity index (χ1) is 12.6. The van der Waals surface area contributed by atoms with Crippen molar-refractivity contribution in [2.24, 2.45) is 16.1 Å². The Hall–Kier alpha value is -0.860. The highest BCUT2D eigenvalue weighted by Gasteiger charge is 2.17. The summed E-state index contributed by atoms with van der Waals surface area (Å²) in [4.78, 5) is 6.99. The van der Waals surface area contributed by atoms with E-state index in [2.05, 4.69) is 59.4 Å². The minimum absolute atomic E-state index is 0. The molecule has 0 atom stereocenters. The summed E-state index contributed by atoms with van der Waals surface area (Å²) in [6.45, 7) is 11.1. The van der Waals surface area contributed by atoms with Crippen molar-refractivity contribution < 1.29 is 4.74 Å². The molecule has 6 heteroatoms. The van der Waals surface area contributed by atoms with Crippen molar-refractivity contribution in [3.63, 3.8) is 0 Å². The molecule has 3 N–H and O–H groups in total. The molecule has 1 aliphatic rings. The molecule has 0 unspecified atom stereocenters. The zero-order chi connectivity index (χ0) is 18.7. The van der Waals surface area contributed by atoms with Crippen LogP contribution in [0, 0.1) is 5.41 Å². The zero-order valence-corrected chi connectivity index (χ0v) is 19.3. The number of rotatable bonds is 10. The molecular formula is C21H37IN4O. The zero-order valence-electron chi connectivity index (χ0n) is 17.0. The summed E-state index contributed by atoms with van der Waals surface area (Å²) in [6, 6.07) is 10.7. The first-order valence-corrected chi connectivity index (χ1v) is 9.93. The van der Waals surface area contributed by atoms with Gasteiger partial charge in [-0.05, 0) is 43.2 Å². The number of halogens is 1. The molecule has 0 amide bonds. The van der Waals surface area contributed by atoms with Gasteiger partial charge in [0.15, 0.2) is 5.96 Å². The Morgan fingerprint density at radius 1 is 1.19 bits per heavy atom. The van der Waals surface area contributed by atoms with Gasteiger partial charge >= 0.3 is 0 Å². The van der Waals surface area contributed by atoms with Gasteiger partial charge in [-0.15, -0.1) is 24.0 Å². The Kier molecular flexibility index (Phi) is 11.9. The van der Waals surface area contributed by atoms with Crippen molar-refractivity contribution in [3.8, 4) is 0 Å². The summed E-state index contributed by atoms with van der Waals surface area (Å²) in [5.41, 5.74) is 7.61. The van der Waals surface area contributed by atoms with Crippen LogP contribution in [0.15, 0.2) is 35.3 Å². The maximum absolute atomic E-state index is 6.03. The van der Waals surface area contributed by atoms with Crippen LogP contribution in [-0.2, 0) is 11.2 Å². The normalized spacial score (nSPS) is 16.0. The maximum atomic E-state index is 6.03. The van der Waals surface area contributed by atoms with E-state index in [9.17, 15) is 0 Å². The molecule has 1 saturated heterocycles. The number of aryl methyl sites for hydroxylation is 1. The predicted molar refractivity (Wildman–Crippen MR) is 125 cm³/mol. The number of guanidine groups is 1. The van der Waals surface area contributed by atoms with E-state index in [1.165, 1.54) is 12.0 Å². The van der Waals surface area contributed by atoms with E-state index in [4.69, 9.17) is 10.5 Å². The molecule has 2 rings (SSSR count). The third-order valence-corrected chi connectivity index (χ3v) is 4.90. The van der Waals surface area contributed by atoms with E-state index in [0.29, 0.717) is 5.96 Å². The molecule has 1 aromatic carbocycles. The van der Waals surface area contributed by atoms with Crippen LogP contribution in [0.25, 0.3) is 0 Å². The van der Waals surface area contributed by atoms with E-state index in [-0.39, 0.29) is 29.4 Å². The van der Waals surface area contributed by atoms with Crippen molar-refractivity contribution in [3.05, 3.63) is 35.9 Å². The number of benzene rings is 1. The molecule has 0 spiro atoms. The van der Waals surface area contributed by atoms with Crippen LogP contribution in [0.1, 0.15) is 38.7 Å². The van der Waals surface area contributed by atoms with Gasteiger partial charge < -0.3 is 15.8 Å². The molecule has 0 saturated carbocycles. The molecule has 1 fully saturated rings. The smallest absolute Gasteiger partial charge is 0.188 e. The van der Waals surface area contributed by atoms with Crippen LogP contribution >= 0.6 is 24.0 Å². The Morgan fingerprint density at radius 3 is 2.59 bits per heavy atom. The monoisotopic (exact) mass is 488 g/mol. The Balaban J connectivity index is 0.00000364. The lowest BCUT2D eigenvalue weighted by Gasteiger charge is -2.26. The number of hydrogen-bond donors (Lipinski definition) is 2. The minimum Gasteiger partial charge on any atom is -0.379 e. The largest absolute Gasteiger partial charge is 0.379 e. The molecule has 0 radical (unpaired) electrons. The van der Waals surface area contributed by atoms with Crippen molar-refractivity contribution in [1.29, 1.82) is 0 Å². The van der Waals surface area contributed by atoms with Gasteiger partial charge in [-0.1, -0.05) is 44.2 Å². The Bertz CT molecular complexity index is 530. The van der Waals surface area contributed by atoms with Gasteiger partial charge in [-0.3, -0.25) is 9.89 Å². The maximum Gasteiger partial charge on any atom is 0.188 e. The SMILES string of the molecule is CC(C)(CCCc1ccccc1)CN=C(N)NCCCN1CCOCC1.I. The highest BCUT2D eigenvalue weighted by Crippen LogP contribution is 2.23. The third-order valence-electron chi connectivity index (χ3n) is 4.90. The summed E-state index contributed by atoms with van der Waals surface area (Å²) in [7, 11) is 0. The Morgan fingerprint density at radius 2 is 1.89 bits per heavy atom. The number of nitrogens with two attached hydrogens (primary N) is 1. The van der Waals surface area contributed by atoms with E-state index >= 15 is 0 Å². The van der Waals surface area contributed by atoms with Gasteiger partial charge in [0.05, 0.1) is 13.2 Å². The summed E-state index contributed by atoms with van der Waals surface area (Å²) in [5, 5.41) is 3.25. The van der Waals surface area contributed by atoms with Crippen molar-refractivity contribution in [2.45, 2.75) is 39.5 Å². The van der Waals surface area contributed by atoms with Gasteiger partial charge in [-0.25, -0.2) is 0 Å². The second kappa shape index (κ2) is 13.3. The first-order valence-electron chi connectivity index (χ1n) is 9.93. The third kappa shape index (κ3) is 10.9. The minimum atomic E-state index is 0. The molecule has 0 aliphatic carbocycles. The predicted octanol–water partition coefficient (Wildman–Crippen LogP) is 3.28. The van der Waals surface area contributed by atoms with Gasteiger partial charge in [-0.2, -0.15) is 0 Å². The van der Waals surface area contributed by atoms with Gasteiger partial charge in [0.2, 0.25) is 0 Å². The van der Waals surface area contributed by atoms with Gasteiger partial charge in [0, 0.05) is 26.2 Å². The lowest BCUT2D eigenvalue weighted by atomic mass is 9.86. The van der Waals surface area contributed by atoms with Crippen LogP contribution < -0.4 is 11.1 Å². The lowest BCUT2D eigenvalue weighted by molar-refractivity contribution is 0.0376. The van der Waals surface area contributed by atoms with E-state index in [0.717, 1.165) is 65.2 Å². The van der Waals surface area contributed by atoms with Crippen LogP contribution in [0.2, 0.25) is 0 Å². The van der Waals surface area contributed by atoms with Crippen molar-refractivity contribution in [2.75, 3.05) is 45.9 Å². The molecule has 0 aromatic heterocycles. The molecule has 5 nitrogen and oxygen atoms in total. The number of hydrogen-bond acceptors (Lipinski definition) is 3. The van der Waals surface area contributed by atoms with E-state index < -0.39 is 0 Å². The standard InChI is InChI=1S/C21H36N4O.HI/c1-21(2,11-6-10-19-8-4-3-5-9-19)18-24-20(22)23-12-7-13-25-14-16-26-17-15-25;/h3-5,8-9H,6-7,10-18H2,1-2H3,(H3,22,23,24);1H. The lowest BCUT2D eigenvalue weighted by Crippen LogP contribution is -2.39. The number of aliphatic imine (C=N–C) groups is 1. The quantitative estimate of drug-likeness (QED) is 0.230. The summed E-state index contributed by atoms with van der Waals surface area (Å²) < 4.78 is 5.36. The molecule has 1 aromatic rings. The molecular weight excluding hydrogens is 451 g/mol. The fourth-order valence-corrected chi connectivity index (χ4v) is 3.19. The highest BCUT2D eigenvalue weighted by molar-refractivity contribution is 14.0. The number of morpholine rings is 1. The molecule has 0 bridgehead atoms. The molecule has 27 heavy (non-hydrogen) atoms. The average Bonchev–Trinajstić information content (AvgIpc) is 2.65. The van der Waals surface area contributed by atoms with E-state index in [1.54, 1.807) is 0 Å². The highest BCUT2D eigenvalue weighted by atomic mass is 127. The average molecular weight is 488 g/mol. The van der Waals surface area contributed by atoms with Gasteiger partial charge in [0.25, 0.3) is 0 Å². The van der Waals surface area contributed by atoms with Gasteiger partial charge in [0.1, 0.15) is 0 Å². The molecule has 154 valence electrons. The van der Waals surface area contributed by atoms with Crippen LogP contribution in [0.4, 0.5) is 0 Å². The summed E-state index contributed by atoms with van der Waals surface area (Å²) in [5.74, 6) is 0.572. The Labute approximate surface area is 182 Å². The van der Waals surface area contributed by atoms with E-state index in [1.807, 2.05) is 0 Å². The molecule has 1 heterocycles. The fraction of sp³-hybridized carbons (Fsp3) is 0.667. The summed E-state index contributed by atoms with van der Waals surface area (Å²) >= 11 is 0. The number of ether oxygens (including phenoxy) is 1. The molecule has 1 aliphatic heterocycles. The first kappa shape index (κ1) is 24.2. The van der Waals surface area contributed by atoms with Crippen LogP contribution in [-0.4, -0.2) is 56.8 Å². The summed E-state index contributed by atoms with van der Waals surface area (Å²) in [6.07, 6.45) is 4.54. The second-order valence-corrected chi connectivity index (χ2v) is 7.94. The van der Waals surface area contributed by atoms with Crippen LogP contribution in [0.5, 0.6) is 0 Å². The van der Waals surface area contributed by atoms with Crippen LogP contribution in [0.3, 0.4) is 0 Å². The number of nitrogens with zero attached hydrogens (tertiary/aromatic N) is 2. The van der Waals surface area contributed by atoms with Crippen molar-refractivity contribution in [1.82, 2.24) is 10.2 Å². The number of nitrogens with one attached hydrogen (secondary N) is 1.